The lowest BCUT2D eigenvalue weighted by atomic mass is 9.96. The number of unbranched alkanes of at least 4 members (excludes halogenated alkanes) is 1. The molecule has 0 unspecified atom stereocenters. The normalized spacial score (nSPS) is 20.5. The van der Waals surface area contributed by atoms with E-state index in [1.165, 1.54) is 17.0 Å². The van der Waals surface area contributed by atoms with Crippen molar-refractivity contribution in [1.82, 2.24) is 19.8 Å². The Kier molecular flexibility index (Phi) is 4.90. The van der Waals surface area contributed by atoms with Crippen molar-refractivity contribution in [3.05, 3.63) is 53.1 Å². The summed E-state index contributed by atoms with van der Waals surface area (Å²) in [5.74, 6) is 0. The number of nitrogens with zero attached hydrogens (tertiary/aromatic N) is 3. The Labute approximate surface area is 149 Å². The SMILES string of the molecule is CCCCN1C(=S)N[C@H](c2ccccn2)[C@H]1c1cc(C)n(C)c1C. The monoisotopic (exact) mass is 342 g/mol. The second kappa shape index (κ2) is 6.93. The summed E-state index contributed by atoms with van der Waals surface area (Å²) in [7, 11) is 2.13. The van der Waals surface area contributed by atoms with E-state index >= 15 is 0 Å². The highest BCUT2D eigenvalue weighted by Crippen LogP contribution is 2.40. The third-order valence-electron chi connectivity index (χ3n) is 5.08. The van der Waals surface area contributed by atoms with Crippen LogP contribution >= 0.6 is 12.2 Å². The van der Waals surface area contributed by atoms with Crippen molar-refractivity contribution in [1.29, 1.82) is 0 Å². The minimum absolute atomic E-state index is 0.0936. The molecular weight excluding hydrogens is 316 g/mol. The van der Waals surface area contributed by atoms with Gasteiger partial charge in [0, 0.05) is 31.2 Å². The van der Waals surface area contributed by atoms with Gasteiger partial charge >= 0.3 is 0 Å². The van der Waals surface area contributed by atoms with Crippen LogP contribution in [-0.2, 0) is 7.05 Å². The second-order valence-corrected chi connectivity index (χ2v) is 6.95. The molecule has 3 heterocycles. The Morgan fingerprint density at radius 1 is 1.29 bits per heavy atom. The number of nitrogens with one attached hydrogen (secondary N) is 1. The maximum Gasteiger partial charge on any atom is 0.170 e. The lowest BCUT2D eigenvalue weighted by Gasteiger charge is -2.28. The van der Waals surface area contributed by atoms with E-state index in [1.54, 1.807) is 0 Å². The third-order valence-corrected chi connectivity index (χ3v) is 5.44. The minimum Gasteiger partial charge on any atom is -0.352 e. The fourth-order valence-electron chi connectivity index (χ4n) is 3.50. The molecule has 1 aliphatic heterocycles. The van der Waals surface area contributed by atoms with E-state index in [0.29, 0.717) is 0 Å². The highest BCUT2D eigenvalue weighted by atomic mass is 32.1. The van der Waals surface area contributed by atoms with Crippen molar-refractivity contribution in [2.45, 2.75) is 45.7 Å². The number of aryl methyl sites for hydroxylation is 1. The molecule has 0 amide bonds. The summed E-state index contributed by atoms with van der Waals surface area (Å²) in [5.41, 5.74) is 4.96. The van der Waals surface area contributed by atoms with Crippen LogP contribution in [0.3, 0.4) is 0 Å². The van der Waals surface area contributed by atoms with Gasteiger partial charge < -0.3 is 14.8 Å². The lowest BCUT2D eigenvalue weighted by molar-refractivity contribution is 0.311. The number of rotatable bonds is 5. The van der Waals surface area contributed by atoms with Crippen LogP contribution in [-0.4, -0.2) is 26.1 Å². The fraction of sp³-hybridized carbons (Fsp3) is 0.474. The molecule has 2 aromatic heterocycles. The molecular formula is C19H26N4S. The van der Waals surface area contributed by atoms with E-state index in [2.05, 4.69) is 59.7 Å². The quantitative estimate of drug-likeness (QED) is 0.838. The van der Waals surface area contributed by atoms with Crippen molar-refractivity contribution in [2.24, 2.45) is 7.05 Å². The van der Waals surface area contributed by atoms with E-state index in [4.69, 9.17) is 12.2 Å². The molecule has 0 aliphatic carbocycles. The number of aromatic nitrogens is 2. The summed E-state index contributed by atoms with van der Waals surface area (Å²) in [6, 6.07) is 8.67. The molecule has 0 saturated carbocycles. The highest BCUT2D eigenvalue weighted by molar-refractivity contribution is 7.80. The van der Waals surface area contributed by atoms with Gasteiger partial charge in [0.15, 0.2) is 5.11 Å². The van der Waals surface area contributed by atoms with Gasteiger partial charge in [-0.25, -0.2) is 0 Å². The van der Waals surface area contributed by atoms with Crippen molar-refractivity contribution >= 4 is 17.3 Å². The van der Waals surface area contributed by atoms with Crippen LogP contribution in [0.4, 0.5) is 0 Å². The van der Waals surface area contributed by atoms with Crippen LogP contribution in [0.2, 0.25) is 0 Å². The van der Waals surface area contributed by atoms with Crippen LogP contribution in [0.1, 0.15) is 54.5 Å². The number of pyridine rings is 1. The molecule has 1 aliphatic rings. The number of thiocarbonyl (C=S) groups is 1. The molecule has 1 fully saturated rings. The van der Waals surface area contributed by atoms with E-state index in [0.717, 1.165) is 30.2 Å². The van der Waals surface area contributed by atoms with Crippen molar-refractivity contribution in [2.75, 3.05) is 6.54 Å². The van der Waals surface area contributed by atoms with Gasteiger partial charge in [-0.1, -0.05) is 19.4 Å². The molecule has 0 spiro atoms. The Hall–Kier alpha value is -1.88. The number of hydrogen-bond donors (Lipinski definition) is 1. The van der Waals surface area contributed by atoms with Crippen LogP contribution in [0.5, 0.6) is 0 Å². The summed E-state index contributed by atoms with van der Waals surface area (Å²) in [4.78, 5) is 6.94. The highest BCUT2D eigenvalue weighted by Gasteiger charge is 2.40. The van der Waals surface area contributed by atoms with E-state index < -0.39 is 0 Å². The zero-order valence-electron chi connectivity index (χ0n) is 14.9. The van der Waals surface area contributed by atoms with Gasteiger partial charge in [0.25, 0.3) is 0 Å². The Balaban J connectivity index is 2.05. The van der Waals surface area contributed by atoms with Crippen molar-refractivity contribution < 1.29 is 0 Å². The average Bonchev–Trinajstić information content (AvgIpc) is 3.05. The van der Waals surface area contributed by atoms with Gasteiger partial charge in [-0.05, 0) is 56.2 Å². The second-order valence-electron chi connectivity index (χ2n) is 6.56. The van der Waals surface area contributed by atoms with E-state index in [-0.39, 0.29) is 12.1 Å². The number of hydrogen-bond acceptors (Lipinski definition) is 2. The van der Waals surface area contributed by atoms with Crippen LogP contribution in [0.25, 0.3) is 0 Å². The van der Waals surface area contributed by atoms with Gasteiger partial charge in [0.05, 0.1) is 17.8 Å². The first kappa shape index (κ1) is 17.0. The zero-order chi connectivity index (χ0) is 17.3. The average molecular weight is 343 g/mol. The van der Waals surface area contributed by atoms with Gasteiger partial charge in [0.1, 0.15) is 0 Å². The van der Waals surface area contributed by atoms with Crippen molar-refractivity contribution in [3.63, 3.8) is 0 Å². The Morgan fingerprint density at radius 2 is 2.08 bits per heavy atom. The largest absolute Gasteiger partial charge is 0.352 e. The lowest BCUT2D eigenvalue weighted by Crippen LogP contribution is -2.30. The van der Waals surface area contributed by atoms with Gasteiger partial charge in [-0.15, -0.1) is 0 Å². The van der Waals surface area contributed by atoms with Gasteiger partial charge in [0.2, 0.25) is 0 Å². The molecule has 5 heteroatoms. The maximum absolute atomic E-state index is 5.67. The minimum atomic E-state index is 0.0936. The standard InChI is InChI=1S/C19H26N4S/c1-5-6-11-23-18(15-12-13(2)22(4)14(15)3)17(21-19(23)24)16-9-7-8-10-20-16/h7-10,12,17-18H,5-6,11H2,1-4H3,(H,21,24)/t17-,18-/m1/s1. The summed E-state index contributed by atoms with van der Waals surface area (Å²) >= 11 is 5.67. The smallest absolute Gasteiger partial charge is 0.170 e. The maximum atomic E-state index is 5.67. The molecule has 2 aromatic rings. The van der Waals surface area contributed by atoms with Crippen LogP contribution < -0.4 is 5.32 Å². The summed E-state index contributed by atoms with van der Waals surface area (Å²) < 4.78 is 2.25. The zero-order valence-corrected chi connectivity index (χ0v) is 15.7. The molecule has 3 rings (SSSR count). The summed E-state index contributed by atoms with van der Waals surface area (Å²) in [5, 5.41) is 4.36. The molecule has 1 N–H and O–H groups in total. The first-order valence-electron chi connectivity index (χ1n) is 8.65. The summed E-state index contributed by atoms with van der Waals surface area (Å²) in [6.45, 7) is 7.54. The molecule has 24 heavy (non-hydrogen) atoms. The van der Waals surface area contributed by atoms with E-state index in [1.807, 2.05) is 18.3 Å². The first-order chi connectivity index (χ1) is 11.5. The molecule has 2 atom stereocenters. The molecule has 0 radical (unpaired) electrons. The molecule has 4 nitrogen and oxygen atoms in total. The first-order valence-corrected chi connectivity index (χ1v) is 9.06. The van der Waals surface area contributed by atoms with E-state index in [9.17, 15) is 0 Å². The predicted molar refractivity (Wildman–Crippen MR) is 102 cm³/mol. The van der Waals surface area contributed by atoms with Crippen LogP contribution in [0.15, 0.2) is 30.5 Å². The Bertz CT molecular complexity index is 722. The third kappa shape index (κ3) is 2.93. The Morgan fingerprint density at radius 3 is 2.67 bits per heavy atom. The fourth-order valence-corrected chi connectivity index (χ4v) is 3.83. The van der Waals surface area contributed by atoms with Gasteiger partial charge in [-0.3, -0.25) is 4.98 Å². The van der Waals surface area contributed by atoms with Gasteiger partial charge in [-0.2, -0.15) is 0 Å². The molecule has 0 aromatic carbocycles. The van der Waals surface area contributed by atoms with Crippen molar-refractivity contribution in [3.8, 4) is 0 Å². The van der Waals surface area contributed by atoms with Crippen LogP contribution in [0, 0.1) is 13.8 Å². The molecule has 128 valence electrons. The molecule has 1 saturated heterocycles. The predicted octanol–water partition coefficient (Wildman–Crippen LogP) is 3.81. The summed E-state index contributed by atoms with van der Waals surface area (Å²) in [6.07, 6.45) is 4.15. The topological polar surface area (TPSA) is 33.1 Å². The molecule has 0 bridgehead atoms.